The molecule has 7 heteroatoms. The number of rotatable bonds is 5. The Morgan fingerprint density at radius 3 is 2.57 bits per heavy atom. The molecule has 0 aromatic carbocycles. The van der Waals surface area contributed by atoms with Crippen molar-refractivity contribution >= 4 is 17.7 Å². The smallest absolute Gasteiger partial charge is 0.319 e. The lowest BCUT2D eigenvalue weighted by Gasteiger charge is -2.07. The number of amides is 2. The van der Waals surface area contributed by atoms with Gasteiger partial charge in [0.05, 0.1) is 36.2 Å². The van der Waals surface area contributed by atoms with Crippen LogP contribution in [0.5, 0.6) is 0 Å². The minimum Gasteiger partial charge on any atom is -0.481 e. The van der Waals surface area contributed by atoms with E-state index in [-0.39, 0.29) is 12.5 Å². The number of nitrogens with one attached hydrogen (secondary N) is 2. The van der Waals surface area contributed by atoms with E-state index in [9.17, 15) is 9.59 Å². The third-order valence-corrected chi connectivity index (χ3v) is 2.57. The zero-order chi connectivity index (χ0) is 15.1. The van der Waals surface area contributed by atoms with Crippen LogP contribution in [-0.2, 0) is 17.8 Å². The van der Waals surface area contributed by atoms with E-state index in [0.29, 0.717) is 17.9 Å². The van der Waals surface area contributed by atoms with Gasteiger partial charge in [-0.1, -0.05) is 6.07 Å². The highest BCUT2D eigenvalue weighted by Gasteiger charge is 2.04. The fraction of sp³-hybridized carbons (Fsp3) is 0.143. The van der Waals surface area contributed by atoms with E-state index in [1.807, 2.05) is 12.1 Å². The number of carbonyl (C=O) groups excluding carboxylic acids is 1. The third kappa shape index (κ3) is 4.90. The van der Waals surface area contributed by atoms with Crippen molar-refractivity contribution < 1.29 is 14.7 Å². The summed E-state index contributed by atoms with van der Waals surface area (Å²) in [5.41, 5.74) is 1.67. The first-order valence-corrected chi connectivity index (χ1v) is 6.25. The second-order valence-corrected chi connectivity index (χ2v) is 4.24. The molecule has 108 valence electrons. The first-order chi connectivity index (χ1) is 10.1. The molecule has 0 atom stereocenters. The summed E-state index contributed by atoms with van der Waals surface area (Å²) in [6.45, 7) is 0.317. The number of aliphatic carboxylic acids is 1. The molecule has 21 heavy (non-hydrogen) atoms. The quantitative estimate of drug-likeness (QED) is 0.771. The van der Waals surface area contributed by atoms with Gasteiger partial charge in [-0.15, -0.1) is 0 Å². The molecule has 7 nitrogen and oxygen atoms in total. The first kappa shape index (κ1) is 14.4. The van der Waals surface area contributed by atoms with Crippen LogP contribution < -0.4 is 10.6 Å². The Morgan fingerprint density at radius 1 is 1.10 bits per heavy atom. The van der Waals surface area contributed by atoms with Crippen LogP contribution in [0.25, 0.3) is 0 Å². The van der Waals surface area contributed by atoms with E-state index in [0.717, 1.165) is 5.69 Å². The Bertz CT molecular complexity index is 614. The molecule has 0 aliphatic heterocycles. The average Bonchev–Trinajstić information content (AvgIpc) is 2.48. The van der Waals surface area contributed by atoms with Gasteiger partial charge in [0, 0.05) is 6.20 Å². The van der Waals surface area contributed by atoms with E-state index >= 15 is 0 Å². The summed E-state index contributed by atoms with van der Waals surface area (Å²) in [5, 5.41) is 13.9. The summed E-state index contributed by atoms with van der Waals surface area (Å²) in [7, 11) is 0. The van der Waals surface area contributed by atoms with Gasteiger partial charge in [0.1, 0.15) is 0 Å². The van der Waals surface area contributed by atoms with E-state index in [2.05, 4.69) is 20.6 Å². The summed E-state index contributed by atoms with van der Waals surface area (Å²) < 4.78 is 0. The minimum atomic E-state index is -0.948. The summed E-state index contributed by atoms with van der Waals surface area (Å²) >= 11 is 0. The van der Waals surface area contributed by atoms with Gasteiger partial charge in [-0.3, -0.25) is 14.8 Å². The molecule has 0 unspecified atom stereocenters. The first-order valence-electron chi connectivity index (χ1n) is 6.25. The average molecular weight is 286 g/mol. The van der Waals surface area contributed by atoms with Gasteiger partial charge in [0.2, 0.25) is 0 Å². The Morgan fingerprint density at radius 2 is 1.95 bits per heavy atom. The molecule has 0 spiro atoms. The van der Waals surface area contributed by atoms with Gasteiger partial charge in [-0.2, -0.15) is 0 Å². The van der Waals surface area contributed by atoms with Crippen LogP contribution in [0.4, 0.5) is 10.5 Å². The van der Waals surface area contributed by atoms with Crippen LogP contribution in [0.1, 0.15) is 11.4 Å². The van der Waals surface area contributed by atoms with Crippen LogP contribution in [0.3, 0.4) is 0 Å². The van der Waals surface area contributed by atoms with Crippen LogP contribution in [0.15, 0.2) is 42.7 Å². The van der Waals surface area contributed by atoms with Gasteiger partial charge in [-0.05, 0) is 24.3 Å². The van der Waals surface area contributed by atoms with E-state index in [1.165, 1.54) is 6.20 Å². The summed E-state index contributed by atoms with van der Waals surface area (Å²) in [4.78, 5) is 30.2. The van der Waals surface area contributed by atoms with Gasteiger partial charge >= 0.3 is 12.0 Å². The number of nitrogens with zero attached hydrogens (tertiary/aromatic N) is 2. The highest BCUT2D eigenvalue weighted by atomic mass is 16.4. The zero-order valence-corrected chi connectivity index (χ0v) is 11.1. The lowest BCUT2D eigenvalue weighted by atomic mass is 10.2. The summed E-state index contributed by atoms with van der Waals surface area (Å²) in [6.07, 6.45) is 2.92. The predicted octanol–water partition coefficient (Wildman–Crippen LogP) is 1.43. The molecule has 0 fully saturated rings. The number of hydrogen-bond acceptors (Lipinski definition) is 4. The van der Waals surface area contributed by atoms with Crippen molar-refractivity contribution in [1.82, 2.24) is 15.3 Å². The van der Waals surface area contributed by atoms with Gasteiger partial charge < -0.3 is 15.7 Å². The molecule has 2 amide bonds. The standard InChI is InChI=1S/C14H14N4O3/c19-13(20)7-10-4-5-12(9-16-10)18-14(21)17-8-11-3-1-2-6-15-11/h1-6,9H,7-8H2,(H,19,20)(H2,17,18,21). The normalized spacial score (nSPS) is 9.90. The number of anilines is 1. The number of carbonyl (C=O) groups is 2. The minimum absolute atomic E-state index is 0.147. The number of aromatic nitrogens is 2. The van der Waals surface area contributed by atoms with Crippen LogP contribution in [-0.4, -0.2) is 27.1 Å². The van der Waals surface area contributed by atoms with Crippen molar-refractivity contribution in [3.63, 3.8) is 0 Å². The molecule has 0 saturated carbocycles. The zero-order valence-electron chi connectivity index (χ0n) is 11.1. The molecule has 0 radical (unpaired) electrons. The molecule has 2 heterocycles. The molecule has 2 aromatic rings. The van der Waals surface area contributed by atoms with Crippen molar-refractivity contribution in [2.75, 3.05) is 5.32 Å². The molecule has 2 rings (SSSR count). The molecular formula is C14H14N4O3. The fourth-order valence-electron chi connectivity index (χ4n) is 1.61. The second-order valence-electron chi connectivity index (χ2n) is 4.24. The molecule has 0 bridgehead atoms. The Balaban J connectivity index is 1.83. The van der Waals surface area contributed by atoms with Crippen molar-refractivity contribution in [3.05, 3.63) is 54.1 Å². The lowest BCUT2D eigenvalue weighted by molar-refractivity contribution is -0.136. The van der Waals surface area contributed by atoms with Gasteiger partial charge in [-0.25, -0.2) is 4.79 Å². The number of carboxylic acids is 1. The van der Waals surface area contributed by atoms with E-state index in [1.54, 1.807) is 24.4 Å². The molecule has 3 N–H and O–H groups in total. The monoisotopic (exact) mass is 286 g/mol. The number of urea groups is 1. The van der Waals surface area contributed by atoms with Crippen LogP contribution >= 0.6 is 0 Å². The maximum Gasteiger partial charge on any atom is 0.319 e. The maximum atomic E-state index is 11.7. The predicted molar refractivity (Wildman–Crippen MR) is 75.7 cm³/mol. The number of carboxylic acid groups (broad SMARTS) is 1. The number of hydrogen-bond donors (Lipinski definition) is 3. The Kier molecular flexibility index (Phi) is 4.81. The van der Waals surface area contributed by atoms with Gasteiger partial charge in [0.15, 0.2) is 0 Å². The summed E-state index contributed by atoms with van der Waals surface area (Å²) in [6, 6.07) is 8.23. The molecule has 0 saturated heterocycles. The second kappa shape index (κ2) is 6.99. The highest BCUT2D eigenvalue weighted by molar-refractivity contribution is 5.88. The van der Waals surface area contributed by atoms with E-state index < -0.39 is 5.97 Å². The third-order valence-electron chi connectivity index (χ3n) is 2.57. The SMILES string of the molecule is O=C(O)Cc1ccc(NC(=O)NCc2ccccn2)cn1. The Hall–Kier alpha value is -2.96. The molecule has 0 aliphatic rings. The number of pyridine rings is 2. The lowest BCUT2D eigenvalue weighted by Crippen LogP contribution is -2.28. The van der Waals surface area contributed by atoms with Crippen molar-refractivity contribution in [2.45, 2.75) is 13.0 Å². The molecule has 2 aromatic heterocycles. The van der Waals surface area contributed by atoms with Crippen LogP contribution in [0.2, 0.25) is 0 Å². The van der Waals surface area contributed by atoms with Crippen molar-refractivity contribution in [3.8, 4) is 0 Å². The van der Waals surface area contributed by atoms with Crippen molar-refractivity contribution in [1.29, 1.82) is 0 Å². The van der Waals surface area contributed by atoms with Gasteiger partial charge in [0.25, 0.3) is 0 Å². The summed E-state index contributed by atoms with van der Waals surface area (Å²) in [5.74, 6) is -0.948. The molecule has 0 aliphatic carbocycles. The molecular weight excluding hydrogens is 272 g/mol. The van der Waals surface area contributed by atoms with E-state index in [4.69, 9.17) is 5.11 Å². The fourth-order valence-corrected chi connectivity index (χ4v) is 1.61. The Labute approximate surface area is 121 Å². The maximum absolute atomic E-state index is 11.7. The largest absolute Gasteiger partial charge is 0.481 e. The highest BCUT2D eigenvalue weighted by Crippen LogP contribution is 2.06. The topological polar surface area (TPSA) is 104 Å². The van der Waals surface area contributed by atoms with Crippen molar-refractivity contribution in [2.24, 2.45) is 0 Å². The van der Waals surface area contributed by atoms with Crippen LogP contribution in [0, 0.1) is 0 Å².